The quantitative estimate of drug-likeness (QED) is 0.931. The van der Waals surface area contributed by atoms with Crippen molar-refractivity contribution in [1.82, 2.24) is 15.5 Å². The Morgan fingerprint density at radius 3 is 2.75 bits per heavy atom. The Balaban J connectivity index is 1.76. The van der Waals surface area contributed by atoms with Gasteiger partial charge in [-0.1, -0.05) is 6.07 Å². The first-order valence-corrected chi connectivity index (χ1v) is 6.79. The maximum atomic E-state index is 5.70. The molecule has 0 saturated carbocycles. The second-order valence-electron chi connectivity index (χ2n) is 6.08. The van der Waals surface area contributed by atoms with Crippen LogP contribution in [0.1, 0.15) is 37.8 Å². The Hall–Kier alpha value is -1.72. The fourth-order valence-corrected chi connectivity index (χ4v) is 2.09. The lowest BCUT2D eigenvalue weighted by molar-refractivity contribution is 0.134. The minimum Gasteiger partial charge on any atom is -0.419 e. The third-order valence-electron chi connectivity index (χ3n) is 3.21. The minimum absolute atomic E-state index is 0.0273. The zero-order chi connectivity index (χ0) is 14.2. The van der Waals surface area contributed by atoms with E-state index in [-0.39, 0.29) is 5.54 Å². The summed E-state index contributed by atoms with van der Waals surface area (Å²) >= 11 is 0. The normalized spacial score (nSPS) is 14.6. The highest BCUT2D eigenvalue weighted by Gasteiger charge is 2.16. The van der Waals surface area contributed by atoms with Crippen molar-refractivity contribution in [2.75, 3.05) is 0 Å². The van der Waals surface area contributed by atoms with E-state index >= 15 is 0 Å². The number of aromatic nitrogens is 2. The minimum atomic E-state index is 0.0273. The van der Waals surface area contributed by atoms with Crippen LogP contribution in [0.5, 0.6) is 0 Å². The third-order valence-corrected chi connectivity index (χ3v) is 3.21. The van der Waals surface area contributed by atoms with Gasteiger partial charge in [-0.05, 0) is 44.0 Å². The summed E-state index contributed by atoms with van der Waals surface area (Å²) in [7, 11) is 0. The lowest BCUT2D eigenvalue weighted by atomic mass is 10.1. The topological polar surface area (TPSA) is 60.2 Å². The number of rotatable bonds is 3. The van der Waals surface area contributed by atoms with Crippen LogP contribution in [0, 0.1) is 0 Å². The first-order valence-electron chi connectivity index (χ1n) is 6.79. The molecule has 2 aromatic rings. The molecule has 1 aromatic heterocycles. The summed E-state index contributed by atoms with van der Waals surface area (Å²) < 4.78 is 11.1. The van der Waals surface area contributed by atoms with Crippen molar-refractivity contribution in [3.63, 3.8) is 0 Å². The maximum Gasteiger partial charge on any atom is 0.247 e. The smallest absolute Gasteiger partial charge is 0.247 e. The zero-order valence-corrected chi connectivity index (χ0v) is 12.1. The molecule has 0 radical (unpaired) electrons. The summed E-state index contributed by atoms with van der Waals surface area (Å²) in [4.78, 5) is 0. The van der Waals surface area contributed by atoms with E-state index in [1.807, 2.05) is 6.07 Å². The molecule has 0 aliphatic carbocycles. The monoisotopic (exact) mass is 273 g/mol. The highest BCUT2D eigenvalue weighted by molar-refractivity contribution is 5.55. The lowest BCUT2D eigenvalue weighted by Gasteiger charge is -2.18. The van der Waals surface area contributed by atoms with E-state index in [1.54, 1.807) is 0 Å². The Morgan fingerprint density at radius 2 is 1.95 bits per heavy atom. The molecule has 2 heterocycles. The first-order chi connectivity index (χ1) is 9.51. The molecular formula is C15H19N3O2. The van der Waals surface area contributed by atoms with Crippen LogP contribution in [0.4, 0.5) is 0 Å². The van der Waals surface area contributed by atoms with Crippen LogP contribution in [-0.4, -0.2) is 15.7 Å². The van der Waals surface area contributed by atoms with Crippen molar-refractivity contribution in [2.24, 2.45) is 0 Å². The fourth-order valence-electron chi connectivity index (χ4n) is 2.09. The van der Waals surface area contributed by atoms with Crippen molar-refractivity contribution >= 4 is 0 Å². The molecule has 0 bridgehead atoms. The van der Waals surface area contributed by atoms with E-state index in [0.717, 1.165) is 5.56 Å². The maximum absolute atomic E-state index is 5.70. The van der Waals surface area contributed by atoms with Crippen LogP contribution in [0.15, 0.2) is 22.6 Å². The Kier molecular flexibility index (Phi) is 3.31. The summed E-state index contributed by atoms with van der Waals surface area (Å²) in [6, 6.07) is 6.13. The van der Waals surface area contributed by atoms with Crippen molar-refractivity contribution in [3.8, 4) is 11.5 Å². The van der Waals surface area contributed by atoms with Crippen molar-refractivity contribution in [3.05, 3.63) is 35.2 Å². The summed E-state index contributed by atoms with van der Waals surface area (Å²) in [5, 5.41) is 11.5. The van der Waals surface area contributed by atoms with E-state index in [2.05, 4.69) is 48.4 Å². The van der Waals surface area contributed by atoms with Crippen LogP contribution in [0.2, 0.25) is 0 Å². The molecule has 0 spiro atoms. The van der Waals surface area contributed by atoms with Crippen LogP contribution in [0.25, 0.3) is 11.5 Å². The highest BCUT2D eigenvalue weighted by atomic mass is 16.5. The fraction of sp³-hybridized carbons (Fsp3) is 0.467. The number of fused-ring (bicyclic) bond motifs is 1. The number of ether oxygens (including phenoxy) is 1. The van der Waals surface area contributed by atoms with Gasteiger partial charge in [0.25, 0.3) is 0 Å². The van der Waals surface area contributed by atoms with Gasteiger partial charge in [0, 0.05) is 11.1 Å². The molecule has 0 fully saturated rings. The summed E-state index contributed by atoms with van der Waals surface area (Å²) in [6.45, 7) is 8.24. The van der Waals surface area contributed by atoms with Gasteiger partial charge in [0.2, 0.25) is 11.8 Å². The van der Waals surface area contributed by atoms with Crippen molar-refractivity contribution in [1.29, 1.82) is 0 Å². The molecule has 5 nitrogen and oxygen atoms in total. The van der Waals surface area contributed by atoms with E-state index in [4.69, 9.17) is 9.15 Å². The molecule has 1 aromatic carbocycles. The van der Waals surface area contributed by atoms with E-state index < -0.39 is 0 Å². The molecule has 1 aliphatic heterocycles. The predicted octanol–water partition coefficient (Wildman–Crippen LogP) is 2.65. The Morgan fingerprint density at radius 1 is 1.15 bits per heavy atom. The molecule has 0 unspecified atom stereocenters. The standard InChI is InChI=1S/C15H19N3O2/c1-15(2,3)16-7-13-17-18-14(20-13)10-4-5-11-8-19-9-12(11)6-10/h4-6,16H,7-9H2,1-3H3. The predicted molar refractivity (Wildman–Crippen MR) is 74.8 cm³/mol. The number of nitrogens with zero attached hydrogens (tertiary/aromatic N) is 2. The molecule has 5 heteroatoms. The van der Waals surface area contributed by atoms with Crippen molar-refractivity contribution in [2.45, 2.75) is 46.1 Å². The van der Waals surface area contributed by atoms with E-state index in [1.165, 1.54) is 11.1 Å². The Labute approximate surface area is 118 Å². The highest BCUT2D eigenvalue weighted by Crippen LogP contribution is 2.26. The van der Waals surface area contributed by atoms with Gasteiger partial charge in [-0.3, -0.25) is 0 Å². The molecule has 1 aliphatic rings. The summed E-state index contributed by atoms with van der Waals surface area (Å²) in [5.74, 6) is 1.16. The molecule has 0 amide bonds. The summed E-state index contributed by atoms with van der Waals surface area (Å²) in [6.07, 6.45) is 0. The van der Waals surface area contributed by atoms with Gasteiger partial charge in [-0.25, -0.2) is 0 Å². The number of benzene rings is 1. The molecule has 0 atom stereocenters. The zero-order valence-electron chi connectivity index (χ0n) is 12.1. The van der Waals surface area contributed by atoms with Crippen LogP contribution >= 0.6 is 0 Å². The first kappa shape index (κ1) is 13.3. The Bertz CT molecular complexity index is 614. The SMILES string of the molecule is CC(C)(C)NCc1nnc(-c2ccc3c(c2)COC3)o1. The average molecular weight is 273 g/mol. The average Bonchev–Trinajstić information content (AvgIpc) is 3.03. The number of hydrogen-bond acceptors (Lipinski definition) is 5. The van der Waals surface area contributed by atoms with Gasteiger partial charge >= 0.3 is 0 Å². The molecule has 20 heavy (non-hydrogen) atoms. The van der Waals surface area contributed by atoms with E-state index in [9.17, 15) is 0 Å². The van der Waals surface area contributed by atoms with Gasteiger partial charge in [-0.2, -0.15) is 0 Å². The molecule has 0 saturated heterocycles. The molecule has 1 N–H and O–H groups in total. The largest absolute Gasteiger partial charge is 0.419 e. The van der Waals surface area contributed by atoms with Gasteiger partial charge in [-0.15, -0.1) is 10.2 Å². The molecule has 106 valence electrons. The number of hydrogen-bond donors (Lipinski definition) is 1. The van der Waals surface area contributed by atoms with Crippen LogP contribution in [0.3, 0.4) is 0 Å². The van der Waals surface area contributed by atoms with E-state index in [0.29, 0.717) is 31.5 Å². The second kappa shape index (κ2) is 5.00. The molecular weight excluding hydrogens is 254 g/mol. The van der Waals surface area contributed by atoms with Gasteiger partial charge < -0.3 is 14.5 Å². The van der Waals surface area contributed by atoms with Crippen LogP contribution in [-0.2, 0) is 24.5 Å². The summed E-state index contributed by atoms with van der Waals surface area (Å²) in [5.41, 5.74) is 3.42. The molecule has 3 rings (SSSR count). The third kappa shape index (κ3) is 2.89. The van der Waals surface area contributed by atoms with Gasteiger partial charge in [0.1, 0.15) is 0 Å². The number of nitrogens with one attached hydrogen (secondary N) is 1. The van der Waals surface area contributed by atoms with Crippen LogP contribution < -0.4 is 5.32 Å². The van der Waals surface area contributed by atoms with Gasteiger partial charge in [0.15, 0.2) is 0 Å². The lowest BCUT2D eigenvalue weighted by Crippen LogP contribution is -2.35. The van der Waals surface area contributed by atoms with Crippen molar-refractivity contribution < 1.29 is 9.15 Å². The van der Waals surface area contributed by atoms with Gasteiger partial charge in [0.05, 0.1) is 19.8 Å². The second-order valence-corrected chi connectivity index (χ2v) is 6.08.